The van der Waals surface area contributed by atoms with Crippen LogP contribution in [0, 0.1) is 0 Å². The van der Waals surface area contributed by atoms with Crippen LogP contribution in [0.4, 0.5) is 5.69 Å². The third-order valence-corrected chi connectivity index (χ3v) is 2.98. The van der Waals surface area contributed by atoms with E-state index < -0.39 is 0 Å². The Morgan fingerprint density at radius 3 is 2.44 bits per heavy atom. The average Bonchev–Trinajstić information content (AvgIpc) is 2.42. The van der Waals surface area contributed by atoms with Crippen molar-refractivity contribution in [3.05, 3.63) is 18.2 Å². The fourth-order valence-electron chi connectivity index (χ4n) is 1.84. The first-order valence-electron chi connectivity index (χ1n) is 6.30. The van der Waals surface area contributed by atoms with Crippen LogP contribution in [0.3, 0.4) is 0 Å². The van der Waals surface area contributed by atoms with Crippen molar-refractivity contribution in [2.45, 2.75) is 12.8 Å². The van der Waals surface area contributed by atoms with Gasteiger partial charge in [0, 0.05) is 25.3 Å². The number of hydrogen-bond donors (Lipinski definition) is 1. The van der Waals surface area contributed by atoms with Gasteiger partial charge >= 0.3 is 0 Å². The Morgan fingerprint density at radius 2 is 1.83 bits per heavy atom. The summed E-state index contributed by atoms with van der Waals surface area (Å²) in [7, 11) is 7.40. The van der Waals surface area contributed by atoms with E-state index in [1.54, 1.807) is 14.2 Å². The van der Waals surface area contributed by atoms with Crippen molar-refractivity contribution in [1.82, 2.24) is 5.32 Å². The maximum absolute atomic E-state index is 5.31. The van der Waals surface area contributed by atoms with Crippen molar-refractivity contribution >= 4 is 5.69 Å². The Morgan fingerprint density at radius 1 is 1.11 bits per heavy atom. The molecule has 0 saturated carbocycles. The molecule has 0 aliphatic carbocycles. The van der Waals surface area contributed by atoms with Crippen LogP contribution in [-0.4, -0.2) is 41.4 Å². The topological polar surface area (TPSA) is 33.7 Å². The summed E-state index contributed by atoms with van der Waals surface area (Å²) >= 11 is 0. The van der Waals surface area contributed by atoms with Gasteiger partial charge in [0.25, 0.3) is 0 Å². The van der Waals surface area contributed by atoms with Crippen molar-refractivity contribution < 1.29 is 9.47 Å². The van der Waals surface area contributed by atoms with Crippen LogP contribution in [0.25, 0.3) is 0 Å². The molecule has 0 bridgehead atoms. The molecule has 1 aromatic rings. The molecular weight excluding hydrogens is 228 g/mol. The number of nitrogens with one attached hydrogen (secondary N) is 1. The van der Waals surface area contributed by atoms with Crippen LogP contribution >= 0.6 is 0 Å². The average molecular weight is 252 g/mol. The van der Waals surface area contributed by atoms with Gasteiger partial charge in [-0.05, 0) is 38.6 Å². The Hall–Kier alpha value is -1.42. The third-order valence-electron chi connectivity index (χ3n) is 2.98. The molecule has 0 saturated heterocycles. The van der Waals surface area contributed by atoms with Crippen LogP contribution in [0.1, 0.15) is 12.8 Å². The Bertz CT molecular complexity index is 356. The molecule has 1 N–H and O–H groups in total. The predicted molar refractivity (Wildman–Crippen MR) is 76.0 cm³/mol. The van der Waals surface area contributed by atoms with Gasteiger partial charge in [-0.25, -0.2) is 0 Å². The molecule has 0 heterocycles. The van der Waals surface area contributed by atoms with Crippen molar-refractivity contribution in [2.24, 2.45) is 0 Å². The number of unbranched alkanes of at least 4 members (excludes halogenated alkanes) is 1. The van der Waals surface area contributed by atoms with Gasteiger partial charge in [-0.15, -0.1) is 0 Å². The summed E-state index contributed by atoms with van der Waals surface area (Å²) in [5.41, 5.74) is 1.15. The summed E-state index contributed by atoms with van der Waals surface area (Å²) in [6.07, 6.45) is 2.36. The van der Waals surface area contributed by atoms with E-state index in [9.17, 15) is 0 Å². The van der Waals surface area contributed by atoms with E-state index >= 15 is 0 Å². The molecule has 0 radical (unpaired) electrons. The quantitative estimate of drug-likeness (QED) is 0.719. The first kappa shape index (κ1) is 14.6. The fraction of sp³-hybridized carbons (Fsp3) is 0.571. The van der Waals surface area contributed by atoms with E-state index in [1.165, 1.54) is 12.8 Å². The molecular formula is C14H24N2O2. The minimum atomic E-state index is 0.768. The maximum Gasteiger partial charge on any atom is 0.162 e. The SMILES string of the molecule is CNCCCCN(C)c1ccc(OC)c(OC)c1. The lowest BCUT2D eigenvalue weighted by atomic mass is 10.2. The Labute approximate surface area is 110 Å². The van der Waals surface area contributed by atoms with Crippen molar-refractivity contribution in [2.75, 3.05) is 46.3 Å². The van der Waals surface area contributed by atoms with E-state index in [0.29, 0.717) is 0 Å². The highest BCUT2D eigenvalue weighted by Gasteiger charge is 2.07. The Kier molecular flexibility index (Phi) is 6.36. The molecule has 0 fully saturated rings. The van der Waals surface area contributed by atoms with Crippen LogP contribution in [0.15, 0.2) is 18.2 Å². The summed E-state index contributed by atoms with van der Waals surface area (Å²) in [4.78, 5) is 2.23. The van der Waals surface area contributed by atoms with Crippen LogP contribution < -0.4 is 19.7 Å². The lowest BCUT2D eigenvalue weighted by molar-refractivity contribution is 0.355. The molecule has 102 valence electrons. The van der Waals surface area contributed by atoms with Crippen molar-refractivity contribution in [1.29, 1.82) is 0 Å². The lowest BCUT2D eigenvalue weighted by Crippen LogP contribution is -2.19. The third kappa shape index (κ3) is 4.11. The van der Waals surface area contributed by atoms with Crippen molar-refractivity contribution in [3.8, 4) is 11.5 Å². The zero-order valence-corrected chi connectivity index (χ0v) is 11.8. The van der Waals surface area contributed by atoms with E-state index in [2.05, 4.69) is 23.3 Å². The number of rotatable bonds is 8. The number of methoxy groups -OCH3 is 2. The van der Waals surface area contributed by atoms with Crippen molar-refractivity contribution in [3.63, 3.8) is 0 Å². The zero-order chi connectivity index (χ0) is 13.4. The lowest BCUT2D eigenvalue weighted by Gasteiger charge is -2.20. The molecule has 0 amide bonds. The van der Waals surface area contributed by atoms with Crippen LogP contribution in [0.2, 0.25) is 0 Å². The molecule has 4 heteroatoms. The summed E-state index contributed by atoms with van der Waals surface area (Å²) in [6.45, 7) is 2.11. The maximum atomic E-state index is 5.31. The summed E-state index contributed by atoms with van der Waals surface area (Å²) in [5, 5.41) is 3.16. The van der Waals surface area contributed by atoms with Gasteiger partial charge in [0.2, 0.25) is 0 Å². The van der Waals surface area contributed by atoms with Gasteiger partial charge in [0.05, 0.1) is 14.2 Å². The number of hydrogen-bond acceptors (Lipinski definition) is 4. The summed E-state index contributed by atoms with van der Waals surface area (Å²) in [6, 6.07) is 6.01. The van der Waals surface area contributed by atoms with Crippen LogP contribution in [0.5, 0.6) is 11.5 Å². The van der Waals surface area contributed by atoms with Gasteiger partial charge in [-0.3, -0.25) is 0 Å². The molecule has 4 nitrogen and oxygen atoms in total. The fourth-order valence-corrected chi connectivity index (χ4v) is 1.84. The smallest absolute Gasteiger partial charge is 0.162 e. The van der Waals surface area contributed by atoms with E-state index in [1.807, 2.05) is 19.2 Å². The van der Waals surface area contributed by atoms with Gasteiger partial charge in [-0.1, -0.05) is 0 Å². The second-order valence-corrected chi connectivity index (χ2v) is 4.27. The minimum Gasteiger partial charge on any atom is -0.493 e. The molecule has 0 aliphatic heterocycles. The largest absolute Gasteiger partial charge is 0.493 e. The highest BCUT2D eigenvalue weighted by atomic mass is 16.5. The molecule has 0 atom stereocenters. The van der Waals surface area contributed by atoms with E-state index in [0.717, 1.165) is 30.3 Å². The van der Waals surface area contributed by atoms with Gasteiger partial charge in [0.15, 0.2) is 11.5 Å². The number of benzene rings is 1. The summed E-state index contributed by atoms with van der Waals surface area (Å²) in [5.74, 6) is 1.54. The molecule has 0 spiro atoms. The second kappa shape index (κ2) is 7.82. The minimum absolute atomic E-state index is 0.768. The van der Waals surface area contributed by atoms with E-state index in [4.69, 9.17) is 9.47 Å². The highest BCUT2D eigenvalue weighted by Crippen LogP contribution is 2.31. The first-order valence-corrected chi connectivity index (χ1v) is 6.30. The molecule has 1 aromatic carbocycles. The van der Waals surface area contributed by atoms with Gasteiger partial charge in [0.1, 0.15) is 0 Å². The van der Waals surface area contributed by atoms with Gasteiger partial charge < -0.3 is 19.7 Å². The van der Waals surface area contributed by atoms with E-state index in [-0.39, 0.29) is 0 Å². The number of anilines is 1. The monoisotopic (exact) mass is 252 g/mol. The van der Waals surface area contributed by atoms with Crippen LogP contribution in [-0.2, 0) is 0 Å². The normalized spacial score (nSPS) is 10.2. The predicted octanol–water partition coefficient (Wildman–Crippen LogP) is 2.14. The second-order valence-electron chi connectivity index (χ2n) is 4.27. The molecule has 18 heavy (non-hydrogen) atoms. The molecule has 1 rings (SSSR count). The molecule has 0 aromatic heterocycles. The zero-order valence-electron chi connectivity index (χ0n) is 11.8. The first-order chi connectivity index (χ1) is 8.72. The highest BCUT2D eigenvalue weighted by molar-refractivity contribution is 5.55. The summed E-state index contributed by atoms with van der Waals surface area (Å²) < 4.78 is 10.5. The number of ether oxygens (including phenoxy) is 2. The van der Waals surface area contributed by atoms with Gasteiger partial charge in [-0.2, -0.15) is 0 Å². The Balaban J connectivity index is 2.59. The molecule has 0 aliphatic rings. The number of nitrogens with zero attached hydrogens (tertiary/aromatic N) is 1. The standard InChI is InChI=1S/C14H24N2O2/c1-15-9-5-6-10-16(2)12-7-8-13(17-3)14(11-12)18-4/h7-8,11,15H,5-6,9-10H2,1-4H3. The molecule has 0 unspecified atom stereocenters.